The van der Waals surface area contributed by atoms with Crippen LogP contribution in [-0.2, 0) is 0 Å². The molecule has 1 aromatic rings. The zero-order valence-electron chi connectivity index (χ0n) is 4.75. The molecule has 0 aromatic carbocycles. The molecule has 0 bridgehead atoms. The van der Waals surface area contributed by atoms with Crippen LogP contribution in [0.2, 0.25) is 0 Å². The first-order valence-electron chi connectivity index (χ1n) is 2.53. The lowest BCUT2D eigenvalue weighted by Crippen LogP contribution is -1.89. The molecule has 2 nitrogen and oxygen atoms in total. The van der Waals surface area contributed by atoms with Crippen LogP contribution in [0.5, 0.6) is 5.88 Å². The molecule has 1 rings (SSSR count). The molecule has 48 valence electrons. The van der Waals surface area contributed by atoms with Gasteiger partial charge in [0.05, 0.1) is 0 Å². The summed E-state index contributed by atoms with van der Waals surface area (Å²) in [7, 11) is 0. The van der Waals surface area contributed by atoms with Gasteiger partial charge in [-0.3, -0.25) is 0 Å². The molecule has 1 aromatic heterocycles. The molecule has 0 saturated carbocycles. The maximum atomic E-state index is 5.01. The highest BCUT2D eigenvalue weighted by Crippen LogP contribution is 2.03. The van der Waals surface area contributed by atoms with Gasteiger partial charge < -0.3 is 4.74 Å². The molecule has 0 spiro atoms. The van der Waals surface area contributed by atoms with E-state index in [1.54, 1.807) is 12.3 Å². The first kappa shape index (κ1) is 6.55. The summed E-state index contributed by atoms with van der Waals surface area (Å²) in [6.45, 7) is 0. The molecule has 0 aliphatic heterocycles. The molecule has 0 amide bonds. The van der Waals surface area contributed by atoms with Crippen LogP contribution < -0.4 is 4.74 Å². The number of pyridine rings is 1. The van der Waals surface area contributed by atoms with Gasteiger partial charge in [0.15, 0.2) is 0 Å². The second-order valence-electron chi connectivity index (χ2n) is 1.42. The molecule has 3 heteroatoms. The summed E-state index contributed by atoms with van der Waals surface area (Å²) in [5, 5.41) is 0. The predicted octanol–water partition coefficient (Wildman–Crippen LogP) is 1.81. The molecular formula is C6H6BrNO. The van der Waals surface area contributed by atoms with Crippen molar-refractivity contribution in [3.05, 3.63) is 24.4 Å². The highest BCUT2D eigenvalue weighted by Gasteiger charge is 1.86. The second kappa shape index (κ2) is 3.45. The maximum absolute atomic E-state index is 5.01. The Balaban J connectivity index is 2.61. The summed E-state index contributed by atoms with van der Waals surface area (Å²) < 4.78 is 5.01. The van der Waals surface area contributed by atoms with E-state index in [0.29, 0.717) is 11.4 Å². The van der Waals surface area contributed by atoms with Gasteiger partial charge in [0.2, 0.25) is 5.88 Å². The van der Waals surface area contributed by atoms with Crippen molar-refractivity contribution in [3.8, 4) is 5.88 Å². The third-order valence-electron chi connectivity index (χ3n) is 0.840. The van der Waals surface area contributed by atoms with E-state index < -0.39 is 0 Å². The van der Waals surface area contributed by atoms with E-state index in [1.807, 2.05) is 12.1 Å². The second-order valence-corrected chi connectivity index (χ2v) is 1.88. The summed E-state index contributed by atoms with van der Waals surface area (Å²) in [6.07, 6.45) is 1.69. The lowest BCUT2D eigenvalue weighted by molar-refractivity contribution is 0.382. The highest BCUT2D eigenvalue weighted by atomic mass is 79.9. The Kier molecular flexibility index (Phi) is 2.51. The number of hydrogen-bond donors (Lipinski definition) is 0. The van der Waals surface area contributed by atoms with Gasteiger partial charge in [0.1, 0.15) is 5.52 Å². The first-order chi connectivity index (χ1) is 4.43. The summed E-state index contributed by atoms with van der Waals surface area (Å²) >= 11 is 3.12. The molecule has 0 aliphatic rings. The van der Waals surface area contributed by atoms with Crippen molar-refractivity contribution in [3.63, 3.8) is 0 Å². The van der Waals surface area contributed by atoms with Gasteiger partial charge in [0, 0.05) is 12.3 Å². The Morgan fingerprint density at radius 2 is 2.44 bits per heavy atom. The molecule has 0 radical (unpaired) electrons. The van der Waals surface area contributed by atoms with Crippen LogP contribution in [0.1, 0.15) is 0 Å². The fourth-order valence-corrected chi connectivity index (χ4v) is 0.723. The van der Waals surface area contributed by atoms with Crippen molar-refractivity contribution in [2.45, 2.75) is 0 Å². The largest absolute Gasteiger partial charge is 0.466 e. The molecular weight excluding hydrogens is 182 g/mol. The number of hydrogen-bond acceptors (Lipinski definition) is 2. The van der Waals surface area contributed by atoms with E-state index in [9.17, 15) is 0 Å². The van der Waals surface area contributed by atoms with E-state index in [-0.39, 0.29) is 0 Å². The van der Waals surface area contributed by atoms with E-state index >= 15 is 0 Å². The van der Waals surface area contributed by atoms with Crippen LogP contribution in [-0.4, -0.2) is 10.5 Å². The fourth-order valence-electron chi connectivity index (χ4n) is 0.488. The highest BCUT2D eigenvalue weighted by molar-refractivity contribution is 9.09. The smallest absolute Gasteiger partial charge is 0.213 e. The zero-order chi connectivity index (χ0) is 6.53. The van der Waals surface area contributed by atoms with E-state index in [1.165, 1.54) is 0 Å². The monoisotopic (exact) mass is 187 g/mol. The molecule has 9 heavy (non-hydrogen) atoms. The van der Waals surface area contributed by atoms with Crippen LogP contribution in [0.25, 0.3) is 0 Å². The normalized spacial score (nSPS) is 9.00. The van der Waals surface area contributed by atoms with Crippen molar-refractivity contribution >= 4 is 15.9 Å². The number of aromatic nitrogens is 1. The maximum Gasteiger partial charge on any atom is 0.213 e. The number of nitrogens with zero attached hydrogens (tertiary/aromatic N) is 1. The molecule has 0 saturated heterocycles. The quantitative estimate of drug-likeness (QED) is 0.660. The van der Waals surface area contributed by atoms with Gasteiger partial charge in [0.25, 0.3) is 0 Å². The molecule has 1 heterocycles. The molecule has 0 fully saturated rings. The van der Waals surface area contributed by atoms with Gasteiger partial charge in [-0.2, -0.15) is 0 Å². The molecule has 0 aliphatic carbocycles. The number of alkyl halides is 1. The van der Waals surface area contributed by atoms with Crippen molar-refractivity contribution in [1.29, 1.82) is 0 Å². The Labute approximate surface area is 62.0 Å². The van der Waals surface area contributed by atoms with Gasteiger partial charge >= 0.3 is 0 Å². The van der Waals surface area contributed by atoms with E-state index in [2.05, 4.69) is 20.9 Å². The minimum atomic E-state index is 0.490. The van der Waals surface area contributed by atoms with Crippen LogP contribution in [0, 0.1) is 0 Å². The predicted molar refractivity (Wildman–Crippen MR) is 38.7 cm³/mol. The molecule has 0 unspecified atom stereocenters. The minimum absolute atomic E-state index is 0.490. The van der Waals surface area contributed by atoms with Crippen LogP contribution in [0.15, 0.2) is 24.4 Å². The molecule has 0 atom stereocenters. The van der Waals surface area contributed by atoms with Crippen LogP contribution in [0.4, 0.5) is 0 Å². The van der Waals surface area contributed by atoms with Crippen molar-refractivity contribution in [2.24, 2.45) is 0 Å². The lowest BCUT2D eigenvalue weighted by atomic mass is 10.5. The SMILES string of the molecule is BrCOc1ccccn1. The summed E-state index contributed by atoms with van der Waals surface area (Å²) in [5.41, 5.74) is 0.490. The van der Waals surface area contributed by atoms with Gasteiger partial charge in [-0.25, -0.2) is 4.98 Å². The number of ether oxygens (including phenoxy) is 1. The third kappa shape index (κ3) is 2.01. The number of halogens is 1. The van der Waals surface area contributed by atoms with Crippen molar-refractivity contribution < 1.29 is 4.74 Å². The summed E-state index contributed by atoms with van der Waals surface area (Å²) in [5.74, 6) is 0.648. The number of rotatable bonds is 2. The zero-order valence-corrected chi connectivity index (χ0v) is 6.34. The van der Waals surface area contributed by atoms with E-state index in [0.717, 1.165) is 0 Å². The average molecular weight is 188 g/mol. The van der Waals surface area contributed by atoms with Gasteiger partial charge in [-0.05, 0) is 22.0 Å². The third-order valence-corrected chi connectivity index (χ3v) is 1.07. The summed E-state index contributed by atoms with van der Waals surface area (Å²) in [4.78, 5) is 3.92. The standard InChI is InChI=1S/C6H6BrNO/c7-5-9-6-3-1-2-4-8-6/h1-4H,5H2. The minimum Gasteiger partial charge on any atom is -0.466 e. The lowest BCUT2D eigenvalue weighted by Gasteiger charge is -1.96. The Morgan fingerprint density at radius 1 is 1.56 bits per heavy atom. The van der Waals surface area contributed by atoms with Crippen LogP contribution >= 0.6 is 15.9 Å². The Bertz CT molecular complexity index is 166. The first-order valence-corrected chi connectivity index (χ1v) is 3.65. The van der Waals surface area contributed by atoms with Crippen molar-refractivity contribution in [1.82, 2.24) is 4.98 Å². The topological polar surface area (TPSA) is 22.1 Å². The average Bonchev–Trinajstić information content (AvgIpc) is 1.91. The summed E-state index contributed by atoms with van der Waals surface area (Å²) in [6, 6.07) is 5.54. The van der Waals surface area contributed by atoms with E-state index in [4.69, 9.17) is 4.74 Å². The Morgan fingerprint density at radius 3 is 3.00 bits per heavy atom. The van der Waals surface area contributed by atoms with Crippen molar-refractivity contribution in [2.75, 3.05) is 5.52 Å². The molecule has 0 N–H and O–H groups in total. The Hall–Kier alpha value is -0.570. The fraction of sp³-hybridized carbons (Fsp3) is 0.167. The van der Waals surface area contributed by atoms with Crippen LogP contribution in [0.3, 0.4) is 0 Å². The van der Waals surface area contributed by atoms with Gasteiger partial charge in [-0.1, -0.05) is 6.07 Å². The van der Waals surface area contributed by atoms with Gasteiger partial charge in [-0.15, -0.1) is 0 Å².